The molecule has 4 nitrogen and oxygen atoms in total. The maximum Gasteiger partial charge on any atom is 0.305 e. The summed E-state index contributed by atoms with van der Waals surface area (Å²) >= 11 is 0. The zero-order chi connectivity index (χ0) is 18.8. The predicted octanol–water partition coefficient (Wildman–Crippen LogP) is 4.25. The van der Waals surface area contributed by atoms with E-state index in [1.807, 2.05) is 18.2 Å². The summed E-state index contributed by atoms with van der Waals surface area (Å²) in [4.78, 5) is 11.0. The molecule has 0 saturated carbocycles. The lowest BCUT2D eigenvalue weighted by molar-refractivity contribution is -0.140. The van der Waals surface area contributed by atoms with Gasteiger partial charge in [0.2, 0.25) is 0 Å². The van der Waals surface area contributed by atoms with Crippen LogP contribution >= 0.6 is 0 Å². The maximum absolute atomic E-state index is 11.0. The van der Waals surface area contributed by atoms with Crippen LogP contribution in [0.3, 0.4) is 0 Å². The van der Waals surface area contributed by atoms with Gasteiger partial charge in [0.25, 0.3) is 0 Å². The number of rotatable bonds is 14. The van der Waals surface area contributed by atoms with Gasteiger partial charge in [-0.05, 0) is 32.1 Å². The molecule has 4 heteroatoms. The van der Waals surface area contributed by atoms with Crippen molar-refractivity contribution >= 4 is 5.97 Å². The summed E-state index contributed by atoms with van der Waals surface area (Å²) in [6.45, 7) is 2.21. The third-order valence-corrected chi connectivity index (χ3v) is 3.69. The molecule has 2 N–H and O–H groups in total. The van der Waals surface area contributed by atoms with Crippen LogP contribution in [0.25, 0.3) is 0 Å². The SMILES string of the molecule is CCCCC/C=C\C\C=C/C=C/C=C/[C@@H](O)[C@@H](O)CCCC(=O)OC. The summed E-state index contributed by atoms with van der Waals surface area (Å²) in [7, 11) is 1.33. The molecule has 2 atom stereocenters. The molecule has 0 bridgehead atoms. The van der Waals surface area contributed by atoms with Crippen molar-refractivity contribution in [1.82, 2.24) is 0 Å². The van der Waals surface area contributed by atoms with E-state index < -0.39 is 12.2 Å². The van der Waals surface area contributed by atoms with E-state index in [1.54, 1.807) is 12.2 Å². The van der Waals surface area contributed by atoms with Crippen molar-refractivity contribution in [2.24, 2.45) is 0 Å². The van der Waals surface area contributed by atoms with Crippen LogP contribution in [-0.4, -0.2) is 35.5 Å². The van der Waals surface area contributed by atoms with Crippen molar-refractivity contribution in [3.63, 3.8) is 0 Å². The Bertz CT molecular complexity index is 435. The molecular weight excluding hydrogens is 316 g/mol. The third kappa shape index (κ3) is 15.6. The summed E-state index contributed by atoms with van der Waals surface area (Å²) in [6.07, 6.45) is 20.5. The number of aliphatic hydroxyl groups excluding tert-OH is 2. The average Bonchev–Trinajstić information content (AvgIpc) is 2.62. The largest absolute Gasteiger partial charge is 0.469 e. The molecule has 0 aromatic heterocycles. The van der Waals surface area contributed by atoms with Gasteiger partial charge in [-0.3, -0.25) is 4.79 Å². The Morgan fingerprint density at radius 3 is 2.48 bits per heavy atom. The lowest BCUT2D eigenvalue weighted by Gasteiger charge is -2.13. The number of esters is 1. The van der Waals surface area contributed by atoms with E-state index >= 15 is 0 Å². The van der Waals surface area contributed by atoms with Crippen molar-refractivity contribution in [3.05, 3.63) is 48.6 Å². The lowest BCUT2D eigenvalue weighted by Crippen LogP contribution is -2.23. The molecule has 0 fully saturated rings. The molecule has 0 aliphatic rings. The number of hydrogen-bond acceptors (Lipinski definition) is 4. The Labute approximate surface area is 152 Å². The van der Waals surface area contributed by atoms with E-state index in [2.05, 4.69) is 29.9 Å². The number of methoxy groups -OCH3 is 1. The first-order valence-corrected chi connectivity index (χ1v) is 9.19. The number of ether oxygens (including phenoxy) is 1. The van der Waals surface area contributed by atoms with Crippen molar-refractivity contribution in [2.45, 2.75) is 70.5 Å². The van der Waals surface area contributed by atoms with E-state index in [-0.39, 0.29) is 12.4 Å². The second kappa shape index (κ2) is 17.2. The van der Waals surface area contributed by atoms with Crippen LogP contribution in [0.5, 0.6) is 0 Å². The Morgan fingerprint density at radius 1 is 1.00 bits per heavy atom. The van der Waals surface area contributed by atoms with Crippen LogP contribution in [-0.2, 0) is 9.53 Å². The number of aliphatic hydroxyl groups is 2. The summed E-state index contributed by atoms with van der Waals surface area (Å²) < 4.78 is 4.52. The number of allylic oxidation sites excluding steroid dienone is 7. The minimum absolute atomic E-state index is 0.252. The molecule has 0 aliphatic carbocycles. The average molecular weight is 350 g/mol. The highest BCUT2D eigenvalue weighted by atomic mass is 16.5. The van der Waals surface area contributed by atoms with Crippen LogP contribution in [0.1, 0.15) is 58.3 Å². The molecule has 0 heterocycles. The highest BCUT2D eigenvalue weighted by Gasteiger charge is 2.13. The molecule has 0 radical (unpaired) electrons. The van der Waals surface area contributed by atoms with Crippen molar-refractivity contribution in [1.29, 1.82) is 0 Å². The van der Waals surface area contributed by atoms with Gasteiger partial charge in [-0.25, -0.2) is 0 Å². The molecular formula is C21H34O4. The minimum atomic E-state index is -0.933. The normalized spacial score (nSPS) is 14.9. The number of unbranched alkanes of at least 4 members (excludes halogenated alkanes) is 3. The number of carbonyl (C=O) groups excluding carboxylic acids is 1. The van der Waals surface area contributed by atoms with Gasteiger partial charge in [-0.1, -0.05) is 68.4 Å². The highest BCUT2D eigenvalue weighted by Crippen LogP contribution is 2.07. The van der Waals surface area contributed by atoms with E-state index in [4.69, 9.17) is 0 Å². The molecule has 0 aromatic carbocycles. The molecule has 0 aromatic rings. The van der Waals surface area contributed by atoms with Gasteiger partial charge >= 0.3 is 5.97 Å². The third-order valence-electron chi connectivity index (χ3n) is 3.69. The Morgan fingerprint density at radius 2 is 1.76 bits per heavy atom. The van der Waals surface area contributed by atoms with Crippen molar-refractivity contribution in [2.75, 3.05) is 7.11 Å². The fourth-order valence-corrected chi connectivity index (χ4v) is 2.12. The fraction of sp³-hybridized carbons (Fsp3) is 0.571. The van der Waals surface area contributed by atoms with E-state index in [9.17, 15) is 15.0 Å². The number of carbonyl (C=O) groups is 1. The van der Waals surface area contributed by atoms with Gasteiger partial charge in [-0.15, -0.1) is 0 Å². The summed E-state index contributed by atoms with van der Waals surface area (Å²) in [5.74, 6) is -0.303. The summed E-state index contributed by atoms with van der Waals surface area (Å²) in [5.41, 5.74) is 0. The quantitative estimate of drug-likeness (QED) is 0.213. The highest BCUT2D eigenvalue weighted by molar-refractivity contribution is 5.68. The van der Waals surface area contributed by atoms with Crippen LogP contribution in [0.4, 0.5) is 0 Å². The summed E-state index contributed by atoms with van der Waals surface area (Å²) in [6, 6.07) is 0. The van der Waals surface area contributed by atoms with Gasteiger partial charge in [0.1, 0.15) is 0 Å². The minimum Gasteiger partial charge on any atom is -0.469 e. The van der Waals surface area contributed by atoms with Crippen LogP contribution in [0, 0.1) is 0 Å². The lowest BCUT2D eigenvalue weighted by atomic mass is 10.1. The van der Waals surface area contributed by atoms with Gasteiger partial charge in [-0.2, -0.15) is 0 Å². The molecule has 25 heavy (non-hydrogen) atoms. The molecule has 142 valence electrons. The second-order valence-electron chi connectivity index (χ2n) is 5.93. The Kier molecular flexibility index (Phi) is 16.0. The van der Waals surface area contributed by atoms with Gasteiger partial charge in [0.05, 0.1) is 19.3 Å². The standard InChI is InChI=1S/C21H34O4/c1-3-4-5-6-7-8-9-10-11-12-13-14-16-19(22)20(23)17-15-18-21(24)25-2/h7-8,10-14,16,19-20,22-23H,3-6,9,15,17-18H2,1-2H3/b8-7-,11-10-,13-12+,16-14+/t19-,20+/m1/s1. The molecule has 0 saturated heterocycles. The molecule has 0 spiro atoms. The van der Waals surface area contributed by atoms with Crippen molar-refractivity contribution in [3.8, 4) is 0 Å². The first-order valence-electron chi connectivity index (χ1n) is 9.19. The van der Waals surface area contributed by atoms with Gasteiger partial charge < -0.3 is 14.9 Å². The van der Waals surface area contributed by atoms with Crippen molar-refractivity contribution < 1.29 is 19.7 Å². The Balaban J connectivity index is 3.83. The first kappa shape index (κ1) is 23.4. The first-order chi connectivity index (χ1) is 12.1. The van der Waals surface area contributed by atoms with Gasteiger partial charge in [0.15, 0.2) is 0 Å². The van der Waals surface area contributed by atoms with Crippen LogP contribution < -0.4 is 0 Å². The fourth-order valence-electron chi connectivity index (χ4n) is 2.12. The topological polar surface area (TPSA) is 66.8 Å². The smallest absolute Gasteiger partial charge is 0.305 e. The van der Waals surface area contributed by atoms with Gasteiger partial charge in [0, 0.05) is 6.42 Å². The molecule has 0 amide bonds. The Hall–Kier alpha value is -1.65. The summed E-state index contributed by atoms with van der Waals surface area (Å²) in [5, 5.41) is 19.6. The van der Waals surface area contributed by atoms with E-state index in [0.29, 0.717) is 12.8 Å². The van der Waals surface area contributed by atoms with E-state index in [0.717, 1.165) is 12.8 Å². The second-order valence-corrected chi connectivity index (χ2v) is 5.93. The van der Waals surface area contributed by atoms with E-state index in [1.165, 1.54) is 26.4 Å². The predicted molar refractivity (Wildman–Crippen MR) is 103 cm³/mol. The molecule has 0 rings (SSSR count). The molecule has 0 aliphatic heterocycles. The van der Waals surface area contributed by atoms with Crippen LogP contribution in [0.15, 0.2) is 48.6 Å². The molecule has 0 unspecified atom stereocenters. The maximum atomic E-state index is 11.0. The zero-order valence-electron chi connectivity index (χ0n) is 15.6. The zero-order valence-corrected chi connectivity index (χ0v) is 15.6. The monoisotopic (exact) mass is 350 g/mol. The van der Waals surface area contributed by atoms with Crippen LogP contribution in [0.2, 0.25) is 0 Å². The number of hydrogen-bond donors (Lipinski definition) is 2.